The fraction of sp³-hybridized carbons (Fsp3) is 0.471. The molecule has 254 valence electrons. The van der Waals surface area contributed by atoms with E-state index in [2.05, 4.69) is 0 Å². The number of halogens is 7. The maximum atomic E-state index is 13.9. The van der Waals surface area contributed by atoms with Crippen LogP contribution >= 0.6 is 0 Å². The number of carbonyl (C=O) groups excluding carboxylic acids is 2. The number of fused-ring (bicyclic) bond motifs is 1. The van der Waals surface area contributed by atoms with Crippen molar-refractivity contribution in [1.82, 2.24) is 9.80 Å². The lowest BCUT2D eigenvalue weighted by atomic mass is 9.82. The highest BCUT2D eigenvalue weighted by molar-refractivity contribution is 5.91. The fourth-order valence-electron chi connectivity index (χ4n) is 6.37. The van der Waals surface area contributed by atoms with Crippen LogP contribution in [-0.2, 0) is 26.6 Å². The Morgan fingerprint density at radius 1 is 0.936 bits per heavy atom. The van der Waals surface area contributed by atoms with Gasteiger partial charge in [0.15, 0.2) is 0 Å². The normalized spacial score (nSPS) is 22.9. The fourth-order valence-corrected chi connectivity index (χ4v) is 6.37. The highest BCUT2D eigenvalue weighted by Gasteiger charge is 2.48. The van der Waals surface area contributed by atoms with Gasteiger partial charge in [0.25, 0.3) is 0 Å². The zero-order valence-electron chi connectivity index (χ0n) is 26.2. The van der Waals surface area contributed by atoms with Gasteiger partial charge in [0.05, 0.1) is 23.3 Å². The standard InChI is InChI=1S/C34H35F7N2O4/c1-19(22-13-24(33(36,37)38)17-25(14-22)34(39,40)41)46-28-18-43-27(30(28)21-5-7-26(35)8-6-21)15-23(16-29(43)44)20-9-11-42(12-10-20)31(45)47-32(2,3)4/h5-9,13-14,16-17,19,27-28,30H,10-12,15,18H2,1-4H3/t19-,27?,28+,30?/m1/s1. The Bertz CT molecular complexity index is 1540. The van der Waals surface area contributed by atoms with Crippen LogP contribution in [0.2, 0.25) is 0 Å². The Hall–Kier alpha value is -3.87. The number of carbonyl (C=O) groups is 2. The minimum absolute atomic E-state index is 0.0240. The molecule has 0 N–H and O–H groups in total. The smallest absolute Gasteiger partial charge is 0.416 e. The molecular weight excluding hydrogens is 633 g/mol. The van der Waals surface area contributed by atoms with Gasteiger partial charge in [0.2, 0.25) is 5.91 Å². The number of amides is 2. The number of hydrogen-bond donors (Lipinski definition) is 0. The second kappa shape index (κ2) is 12.6. The van der Waals surface area contributed by atoms with Crippen molar-refractivity contribution in [2.45, 2.75) is 82.7 Å². The number of rotatable bonds is 5. The molecule has 0 aliphatic carbocycles. The number of hydrogen-bond acceptors (Lipinski definition) is 4. The summed E-state index contributed by atoms with van der Waals surface area (Å²) in [5.41, 5.74) is -1.62. The van der Waals surface area contributed by atoms with Gasteiger partial charge < -0.3 is 19.3 Å². The third-order valence-corrected chi connectivity index (χ3v) is 8.59. The zero-order valence-corrected chi connectivity index (χ0v) is 26.2. The van der Waals surface area contributed by atoms with Crippen molar-refractivity contribution < 1.29 is 49.8 Å². The van der Waals surface area contributed by atoms with Crippen molar-refractivity contribution in [1.29, 1.82) is 0 Å². The Labute approximate surface area is 267 Å². The summed E-state index contributed by atoms with van der Waals surface area (Å²) < 4.78 is 107. The van der Waals surface area contributed by atoms with Crippen LogP contribution in [0.15, 0.2) is 65.8 Å². The van der Waals surface area contributed by atoms with Gasteiger partial charge in [-0.25, -0.2) is 9.18 Å². The number of nitrogens with zero attached hydrogens (tertiary/aromatic N) is 2. The van der Waals surface area contributed by atoms with Crippen LogP contribution in [0, 0.1) is 5.82 Å². The molecule has 0 aromatic heterocycles. The minimum atomic E-state index is -5.02. The molecule has 0 bridgehead atoms. The molecule has 1 fully saturated rings. The van der Waals surface area contributed by atoms with Crippen molar-refractivity contribution in [3.05, 3.63) is 93.8 Å². The quantitative estimate of drug-likeness (QED) is 0.302. The predicted molar refractivity (Wildman–Crippen MR) is 158 cm³/mol. The topological polar surface area (TPSA) is 59.1 Å². The first kappa shape index (κ1) is 34.5. The van der Waals surface area contributed by atoms with Crippen LogP contribution in [0.3, 0.4) is 0 Å². The highest BCUT2D eigenvalue weighted by atomic mass is 19.4. The summed E-state index contributed by atoms with van der Waals surface area (Å²) in [6, 6.07) is 6.42. The predicted octanol–water partition coefficient (Wildman–Crippen LogP) is 8.20. The van der Waals surface area contributed by atoms with Crippen molar-refractivity contribution in [3.8, 4) is 0 Å². The molecule has 0 saturated carbocycles. The molecule has 1 saturated heterocycles. The van der Waals surface area contributed by atoms with Crippen molar-refractivity contribution in [3.63, 3.8) is 0 Å². The first-order valence-electron chi connectivity index (χ1n) is 15.2. The van der Waals surface area contributed by atoms with E-state index in [1.54, 1.807) is 30.6 Å². The first-order chi connectivity index (χ1) is 21.8. The lowest BCUT2D eigenvalue weighted by Gasteiger charge is -2.35. The Morgan fingerprint density at radius 2 is 1.55 bits per heavy atom. The molecule has 2 aromatic rings. The number of benzene rings is 2. The molecule has 0 spiro atoms. The summed E-state index contributed by atoms with van der Waals surface area (Å²) in [5.74, 6) is -1.39. The number of alkyl halides is 6. The van der Waals surface area contributed by atoms with Crippen LogP contribution in [0.4, 0.5) is 35.5 Å². The molecule has 2 aromatic carbocycles. The van der Waals surface area contributed by atoms with Crippen LogP contribution in [0.1, 0.15) is 74.8 Å². The summed E-state index contributed by atoms with van der Waals surface area (Å²) in [4.78, 5) is 29.1. The van der Waals surface area contributed by atoms with Gasteiger partial charge in [0.1, 0.15) is 11.4 Å². The largest absolute Gasteiger partial charge is 0.444 e. The van der Waals surface area contributed by atoms with Crippen molar-refractivity contribution >= 4 is 12.0 Å². The van der Waals surface area contributed by atoms with E-state index in [1.807, 2.05) is 6.08 Å². The summed E-state index contributed by atoms with van der Waals surface area (Å²) in [7, 11) is 0. The lowest BCUT2D eigenvalue weighted by Crippen LogP contribution is -2.41. The van der Waals surface area contributed by atoms with Gasteiger partial charge in [-0.2, -0.15) is 26.3 Å². The van der Waals surface area contributed by atoms with E-state index in [0.717, 1.165) is 11.1 Å². The zero-order chi connectivity index (χ0) is 34.5. The highest BCUT2D eigenvalue weighted by Crippen LogP contribution is 2.45. The minimum Gasteiger partial charge on any atom is -0.444 e. The Balaban J connectivity index is 1.41. The van der Waals surface area contributed by atoms with Crippen LogP contribution < -0.4 is 0 Å². The molecule has 4 atom stereocenters. The molecule has 13 heteroatoms. The van der Waals surface area contributed by atoms with Gasteiger partial charge in [-0.15, -0.1) is 0 Å². The van der Waals surface area contributed by atoms with Crippen LogP contribution in [0.25, 0.3) is 0 Å². The molecular formula is C34H35F7N2O4. The summed E-state index contributed by atoms with van der Waals surface area (Å²) >= 11 is 0. The van der Waals surface area contributed by atoms with E-state index >= 15 is 0 Å². The van der Waals surface area contributed by atoms with E-state index < -0.39 is 65.2 Å². The van der Waals surface area contributed by atoms with Gasteiger partial charge in [-0.1, -0.05) is 18.2 Å². The molecule has 0 radical (unpaired) electrons. The molecule has 2 unspecified atom stereocenters. The lowest BCUT2D eigenvalue weighted by molar-refractivity contribution is -0.143. The third-order valence-electron chi connectivity index (χ3n) is 8.59. The summed E-state index contributed by atoms with van der Waals surface area (Å²) in [6.07, 6.45) is -8.30. The van der Waals surface area contributed by atoms with Gasteiger partial charge >= 0.3 is 18.4 Å². The van der Waals surface area contributed by atoms with Crippen LogP contribution in [-0.4, -0.2) is 59.2 Å². The maximum Gasteiger partial charge on any atom is 0.416 e. The van der Waals surface area contributed by atoms with E-state index in [-0.39, 0.29) is 30.6 Å². The molecule has 3 heterocycles. The maximum absolute atomic E-state index is 13.9. The molecule has 5 rings (SSSR count). The average Bonchev–Trinajstić information content (AvgIpc) is 3.34. The van der Waals surface area contributed by atoms with Gasteiger partial charge in [-0.3, -0.25) is 4.79 Å². The number of ether oxygens (including phenoxy) is 2. The monoisotopic (exact) mass is 668 g/mol. The average molecular weight is 669 g/mol. The van der Waals surface area contributed by atoms with Gasteiger partial charge in [0, 0.05) is 37.7 Å². The van der Waals surface area contributed by atoms with Crippen molar-refractivity contribution in [2.24, 2.45) is 0 Å². The van der Waals surface area contributed by atoms with Crippen LogP contribution in [0.5, 0.6) is 0 Å². The SMILES string of the molecule is C[C@@H](O[C@H]1CN2C(=O)C=C(C3=CCN(C(=O)OC(C)(C)C)CC3)CC2C1c1ccc(F)cc1)c1cc(C(F)(F)F)cc(C(F)(F)F)c1. The molecule has 6 nitrogen and oxygen atoms in total. The van der Waals surface area contributed by atoms with E-state index in [9.17, 15) is 40.3 Å². The van der Waals surface area contributed by atoms with Crippen molar-refractivity contribution in [2.75, 3.05) is 19.6 Å². The first-order valence-corrected chi connectivity index (χ1v) is 15.2. The summed E-state index contributed by atoms with van der Waals surface area (Å²) in [5, 5.41) is 0. The second-order valence-corrected chi connectivity index (χ2v) is 13.1. The van der Waals surface area contributed by atoms with E-state index in [0.29, 0.717) is 37.1 Å². The molecule has 47 heavy (non-hydrogen) atoms. The Kier molecular flexibility index (Phi) is 9.26. The third kappa shape index (κ3) is 7.82. The summed E-state index contributed by atoms with van der Waals surface area (Å²) in [6.45, 7) is 7.37. The second-order valence-electron chi connectivity index (χ2n) is 13.1. The Morgan fingerprint density at radius 3 is 2.09 bits per heavy atom. The van der Waals surface area contributed by atoms with E-state index in [1.165, 1.54) is 37.3 Å². The molecule has 3 aliphatic heterocycles. The van der Waals surface area contributed by atoms with Gasteiger partial charge in [-0.05, 0) is 93.1 Å². The molecule has 3 aliphatic rings. The van der Waals surface area contributed by atoms with E-state index in [4.69, 9.17) is 9.47 Å². The molecule has 2 amide bonds.